The molecule has 1 amide bonds. The van der Waals surface area contributed by atoms with Crippen LogP contribution in [0.2, 0.25) is 0 Å². The summed E-state index contributed by atoms with van der Waals surface area (Å²) in [6, 6.07) is 9.93. The summed E-state index contributed by atoms with van der Waals surface area (Å²) in [7, 11) is 1.87. The smallest absolute Gasteiger partial charge is 0.238 e. The fourth-order valence-electron chi connectivity index (χ4n) is 2.86. The van der Waals surface area contributed by atoms with Crippen molar-refractivity contribution in [1.82, 2.24) is 15.1 Å². The summed E-state index contributed by atoms with van der Waals surface area (Å²) in [4.78, 5) is 10.6. The van der Waals surface area contributed by atoms with Crippen molar-refractivity contribution in [2.24, 2.45) is 0 Å². The summed E-state index contributed by atoms with van der Waals surface area (Å²) < 4.78 is 13.9. The van der Waals surface area contributed by atoms with Gasteiger partial charge in [-0.1, -0.05) is 18.2 Å². The molecule has 1 heterocycles. The molecule has 1 atom stereocenters. The van der Waals surface area contributed by atoms with Crippen LogP contribution in [0.3, 0.4) is 0 Å². The molecule has 0 aliphatic rings. The lowest BCUT2D eigenvalue weighted by Gasteiger charge is -2.23. The third-order valence-electron chi connectivity index (χ3n) is 4.26. The van der Waals surface area contributed by atoms with Crippen LogP contribution >= 0.6 is 0 Å². The summed E-state index contributed by atoms with van der Waals surface area (Å²) in [5, 5.41) is 10.6. The van der Waals surface area contributed by atoms with Gasteiger partial charge in [0.05, 0.1) is 23.5 Å². The van der Waals surface area contributed by atoms with E-state index in [1.54, 1.807) is 0 Å². The van der Waals surface area contributed by atoms with Crippen molar-refractivity contribution in [3.63, 3.8) is 0 Å². The largest absolute Gasteiger partial charge is 0.473 e. The van der Waals surface area contributed by atoms with Gasteiger partial charge in [0.15, 0.2) is 0 Å². The molecule has 0 radical (unpaired) electrons. The average molecular weight is 389 g/mol. The Morgan fingerprint density at radius 2 is 1.93 bits per heavy atom. The number of anilines is 1. The molecule has 7 heteroatoms. The Hall–Kier alpha value is -2.54. The Bertz CT molecular complexity index is 738. The minimum absolute atomic E-state index is 0.114. The Balaban J connectivity index is 2.17. The van der Waals surface area contributed by atoms with E-state index in [9.17, 15) is 4.79 Å². The maximum atomic E-state index is 10.6. The molecule has 28 heavy (non-hydrogen) atoms. The van der Waals surface area contributed by atoms with Crippen LogP contribution in [0.1, 0.15) is 39.2 Å². The number of carbonyl (C=O) groups excluding carboxylic acids is 1. The molecule has 0 aliphatic carbocycles. The van der Waals surface area contributed by atoms with Gasteiger partial charge in [-0.3, -0.25) is 4.79 Å². The van der Waals surface area contributed by atoms with Gasteiger partial charge in [-0.05, 0) is 39.8 Å². The molecular weight excluding hydrogens is 356 g/mol. The average Bonchev–Trinajstić information content (AvgIpc) is 2.97. The van der Waals surface area contributed by atoms with Crippen LogP contribution in [0.5, 0.6) is 5.88 Å². The first-order valence-corrected chi connectivity index (χ1v) is 9.66. The highest BCUT2D eigenvalue weighted by Crippen LogP contribution is 2.29. The Kier molecular flexibility index (Phi) is 7.87. The lowest BCUT2D eigenvalue weighted by Crippen LogP contribution is -2.28. The first kappa shape index (κ1) is 21.8. The topological polar surface area (TPSA) is 77.4 Å². The number of carbonyl (C=O) groups is 1. The summed E-state index contributed by atoms with van der Waals surface area (Å²) in [5.74, 6) is 1.47. The van der Waals surface area contributed by atoms with Crippen LogP contribution in [-0.2, 0) is 9.53 Å². The molecule has 1 aromatic heterocycles. The number of hydrogen-bond acceptors (Lipinski definition) is 5. The highest BCUT2D eigenvalue weighted by molar-refractivity contribution is 5.54. The van der Waals surface area contributed by atoms with Gasteiger partial charge in [0.1, 0.15) is 11.9 Å². The Labute approximate surface area is 167 Å². The standard InChI is InChI=1S/C21H32N4O3/c1-16-19(22-5)25(17-9-7-6-8-10-17)24-20(16)28-18(11-13-23-15-26)12-14-27-21(2,3)4/h6-10,15,18,22H,11-14H2,1-5H3,(H,23,26). The molecule has 0 fully saturated rings. The lowest BCUT2D eigenvalue weighted by molar-refractivity contribution is -0.109. The third kappa shape index (κ3) is 6.27. The van der Waals surface area contributed by atoms with E-state index in [1.807, 2.05) is 69.8 Å². The number of hydrogen-bond donors (Lipinski definition) is 2. The minimum Gasteiger partial charge on any atom is -0.473 e. The van der Waals surface area contributed by atoms with Gasteiger partial charge in [-0.15, -0.1) is 5.10 Å². The van der Waals surface area contributed by atoms with E-state index in [4.69, 9.17) is 9.47 Å². The predicted molar refractivity (Wildman–Crippen MR) is 111 cm³/mol. The number of benzene rings is 1. The van der Waals surface area contributed by atoms with Crippen molar-refractivity contribution in [3.8, 4) is 11.6 Å². The van der Waals surface area contributed by atoms with E-state index in [0.29, 0.717) is 38.3 Å². The summed E-state index contributed by atoms with van der Waals surface area (Å²) in [6.07, 6.45) is 1.98. The van der Waals surface area contributed by atoms with Crippen LogP contribution < -0.4 is 15.4 Å². The highest BCUT2D eigenvalue weighted by atomic mass is 16.5. The molecule has 0 bridgehead atoms. The zero-order chi connectivity index (χ0) is 20.6. The van der Waals surface area contributed by atoms with Crippen molar-refractivity contribution in [2.45, 2.75) is 52.2 Å². The normalized spacial score (nSPS) is 12.5. The van der Waals surface area contributed by atoms with Crippen LogP contribution in [-0.4, -0.2) is 48.1 Å². The van der Waals surface area contributed by atoms with Crippen LogP contribution in [0.25, 0.3) is 5.69 Å². The number of aromatic nitrogens is 2. The zero-order valence-corrected chi connectivity index (χ0v) is 17.5. The molecule has 2 rings (SSSR count). The van der Waals surface area contributed by atoms with Crippen molar-refractivity contribution >= 4 is 12.2 Å². The summed E-state index contributed by atoms with van der Waals surface area (Å²) >= 11 is 0. The summed E-state index contributed by atoms with van der Waals surface area (Å²) in [6.45, 7) is 9.19. The van der Waals surface area contributed by atoms with Gasteiger partial charge < -0.3 is 20.1 Å². The fraction of sp³-hybridized carbons (Fsp3) is 0.524. The molecule has 7 nitrogen and oxygen atoms in total. The van der Waals surface area contributed by atoms with Gasteiger partial charge in [-0.2, -0.15) is 0 Å². The van der Waals surface area contributed by atoms with Gasteiger partial charge in [0.2, 0.25) is 12.3 Å². The van der Waals surface area contributed by atoms with E-state index in [2.05, 4.69) is 15.7 Å². The van der Waals surface area contributed by atoms with E-state index >= 15 is 0 Å². The minimum atomic E-state index is -0.199. The Morgan fingerprint density at radius 3 is 2.54 bits per heavy atom. The molecule has 154 valence electrons. The van der Waals surface area contributed by atoms with Gasteiger partial charge in [0, 0.05) is 26.4 Å². The lowest BCUT2D eigenvalue weighted by atomic mass is 10.1. The zero-order valence-electron chi connectivity index (χ0n) is 17.5. The molecule has 0 saturated heterocycles. The predicted octanol–water partition coefficient (Wildman–Crippen LogP) is 3.31. The molecular formula is C21H32N4O3. The fourth-order valence-corrected chi connectivity index (χ4v) is 2.86. The highest BCUT2D eigenvalue weighted by Gasteiger charge is 2.20. The van der Waals surface area contributed by atoms with E-state index in [0.717, 1.165) is 17.1 Å². The molecule has 2 N–H and O–H groups in total. The first-order chi connectivity index (χ1) is 13.4. The molecule has 1 aromatic carbocycles. The van der Waals surface area contributed by atoms with Gasteiger partial charge >= 0.3 is 0 Å². The van der Waals surface area contributed by atoms with Crippen LogP contribution in [0.4, 0.5) is 5.82 Å². The number of nitrogens with one attached hydrogen (secondary N) is 2. The second-order valence-corrected chi connectivity index (χ2v) is 7.63. The number of ether oxygens (including phenoxy) is 2. The number of para-hydroxylation sites is 1. The van der Waals surface area contributed by atoms with Crippen molar-refractivity contribution in [1.29, 1.82) is 0 Å². The van der Waals surface area contributed by atoms with Crippen molar-refractivity contribution in [3.05, 3.63) is 35.9 Å². The van der Waals surface area contributed by atoms with Crippen molar-refractivity contribution < 1.29 is 14.3 Å². The van der Waals surface area contributed by atoms with E-state index in [1.165, 1.54) is 0 Å². The second kappa shape index (κ2) is 10.1. The maximum absolute atomic E-state index is 10.6. The molecule has 0 aliphatic heterocycles. The van der Waals surface area contributed by atoms with Crippen LogP contribution in [0, 0.1) is 6.92 Å². The SMILES string of the molecule is CNc1c(C)c(OC(CCNC=O)CCOC(C)(C)C)nn1-c1ccccc1. The van der Waals surface area contributed by atoms with E-state index < -0.39 is 0 Å². The Morgan fingerprint density at radius 1 is 1.21 bits per heavy atom. The first-order valence-electron chi connectivity index (χ1n) is 9.66. The summed E-state index contributed by atoms with van der Waals surface area (Å²) in [5.41, 5.74) is 1.70. The maximum Gasteiger partial charge on any atom is 0.238 e. The van der Waals surface area contributed by atoms with Crippen LogP contribution in [0.15, 0.2) is 30.3 Å². The second-order valence-electron chi connectivity index (χ2n) is 7.63. The molecule has 0 spiro atoms. The third-order valence-corrected chi connectivity index (χ3v) is 4.26. The van der Waals surface area contributed by atoms with E-state index in [-0.39, 0.29) is 11.7 Å². The molecule has 1 unspecified atom stereocenters. The van der Waals surface area contributed by atoms with Crippen molar-refractivity contribution in [2.75, 3.05) is 25.5 Å². The number of nitrogens with zero attached hydrogens (tertiary/aromatic N) is 2. The van der Waals surface area contributed by atoms with Gasteiger partial charge in [0.25, 0.3) is 0 Å². The van der Waals surface area contributed by atoms with Gasteiger partial charge in [-0.25, -0.2) is 4.68 Å². The number of rotatable bonds is 11. The molecule has 2 aromatic rings. The quantitative estimate of drug-likeness (QED) is 0.456. The monoisotopic (exact) mass is 388 g/mol. The molecule has 0 saturated carbocycles. The number of amides is 1.